The third kappa shape index (κ3) is 3.07. The standard InChI is InChI=1S/C13H15BrN2O3/c14-10-6-7(4-5-8(10)12(15)17)16-11-3-1-2-9(11)13(18)19/h4-6,9,11,16H,1-3H2,(H2,15,17)(H,18,19). The number of halogens is 1. The zero-order valence-electron chi connectivity index (χ0n) is 10.2. The Labute approximate surface area is 119 Å². The molecule has 1 aromatic rings. The highest BCUT2D eigenvalue weighted by molar-refractivity contribution is 9.10. The molecule has 0 aliphatic heterocycles. The maximum atomic E-state index is 11.1. The van der Waals surface area contributed by atoms with Crippen LogP contribution in [0, 0.1) is 5.92 Å². The molecule has 0 heterocycles. The highest BCUT2D eigenvalue weighted by atomic mass is 79.9. The van der Waals surface area contributed by atoms with Crippen LogP contribution in [0.1, 0.15) is 29.6 Å². The van der Waals surface area contributed by atoms with Crippen LogP contribution in [0.4, 0.5) is 5.69 Å². The minimum absolute atomic E-state index is 0.0659. The van der Waals surface area contributed by atoms with Gasteiger partial charge in [0.1, 0.15) is 0 Å². The molecule has 1 aliphatic carbocycles. The molecule has 4 N–H and O–H groups in total. The van der Waals surface area contributed by atoms with Crippen molar-refractivity contribution in [1.82, 2.24) is 0 Å². The molecule has 0 saturated heterocycles. The molecule has 6 heteroatoms. The van der Waals surface area contributed by atoms with E-state index in [1.165, 1.54) is 0 Å². The van der Waals surface area contributed by atoms with Gasteiger partial charge in [0.25, 0.3) is 0 Å². The van der Waals surface area contributed by atoms with E-state index in [0.717, 1.165) is 18.5 Å². The lowest BCUT2D eigenvalue weighted by Gasteiger charge is -2.19. The molecular formula is C13H15BrN2O3. The highest BCUT2D eigenvalue weighted by Crippen LogP contribution is 2.30. The second-order valence-corrected chi connectivity index (χ2v) is 5.54. The summed E-state index contributed by atoms with van der Waals surface area (Å²) < 4.78 is 0.606. The zero-order valence-corrected chi connectivity index (χ0v) is 11.8. The van der Waals surface area contributed by atoms with Gasteiger partial charge in [-0.3, -0.25) is 9.59 Å². The largest absolute Gasteiger partial charge is 0.481 e. The molecule has 0 bridgehead atoms. The number of nitrogens with two attached hydrogens (primary N) is 1. The van der Waals surface area contributed by atoms with Crippen LogP contribution in [0.3, 0.4) is 0 Å². The Balaban J connectivity index is 2.13. The molecule has 2 atom stereocenters. The number of aliphatic carboxylic acids is 1. The van der Waals surface area contributed by atoms with E-state index in [1.54, 1.807) is 18.2 Å². The summed E-state index contributed by atoms with van der Waals surface area (Å²) in [6.45, 7) is 0. The number of nitrogens with one attached hydrogen (secondary N) is 1. The fourth-order valence-corrected chi connectivity index (χ4v) is 3.02. The number of benzene rings is 1. The lowest BCUT2D eigenvalue weighted by molar-refractivity contribution is -0.141. The highest BCUT2D eigenvalue weighted by Gasteiger charge is 2.32. The van der Waals surface area contributed by atoms with Gasteiger partial charge in [0.05, 0.1) is 11.5 Å². The molecule has 19 heavy (non-hydrogen) atoms. The first-order valence-electron chi connectivity index (χ1n) is 6.07. The smallest absolute Gasteiger partial charge is 0.308 e. The average molecular weight is 327 g/mol. The van der Waals surface area contributed by atoms with Crippen molar-refractivity contribution in [3.63, 3.8) is 0 Å². The van der Waals surface area contributed by atoms with Gasteiger partial charge in [-0.15, -0.1) is 0 Å². The summed E-state index contributed by atoms with van der Waals surface area (Å²) in [7, 11) is 0. The molecule has 5 nitrogen and oxygen atoms in total. The summed E-state index contributed by atoms with van der Waals surface area (Å²) >= 11 is 3.28. The van der Waals surface area contributed by atoms with Crippen molar-refractivity contribution in [2.45, 2.75) is 25.3 Å². The SMILES string of the molecule is NC(=O)c1ccc(NC2CCCC2C(=O)O)cc1Br. The monoisotopic (exact) mass is 326 g/mol. The summed E-state index contributed by atoms with van der Waals surface area (Å²) in [5, 5.41) is 12.3. The van der Waals surface area contributed by atoms with Crippen LogP contribution in [-0.2, 0) is 4.79 Å². The van der Waals surface area contributed by atoms with Gasteiger partial charge >= 0.3 is 5.97 Å². The van der Waals surface area contributed by atoms with Crippen molar-refractivity contribution < 1.29 is 14.7 Å². The van der Waals surface area contributed by atoms with E-state index < -0.39 is 11.9 Å². The van der Waals surface area contributed by atoms with Crippen LogP contribution in [0.5, 0.6) is 0 Å². The maximum Gasteiger partial charge on any atom is 0.308 e. The van der Waals surface area contributed by atoms with Crippen LogP contribution in [-0.4, -0.2) is 23.0 Å². The number of amides is 1. The summed E-state index contributed by atoms with van der Waals surface area (Å²) in [6.07, 6.45) is 2.45. The van der Waals surface area contributed by atoms with E-state index >= 15 is 0 Å². The number of primary amides is 1. The Morgan fingerprint density at radius 1 is 1.37 bits per heavy atom. The molecule has 1 fully saturated rings. The Bertz CT molecular complexity index is 519. The molecule has 0 radical (unpaired) electrons. The lowest BCUT2D eigenvalue weighted by Crippen LogP contribution is -2.29. The van der Waals surface area contributed by atoms with E-state index in [2.05, 4.69) is 21.2 Å². The Morgan fingerprint density at radius 2 is 2.11 bits per heavy atom. The van der Waals surface area contributed by atoms with Crippen molar-refractivity contribution >= 4 is 33.5 Å². The van der Waals surface area contributed by atoms with Gasteiger partial charge in [0.2, 0.25) is 5.91 Å². The van der Waals surface area contributed by atoms with Crippen LogP contribution in [0.2, 0.25) is 0 Å². The topological polar surface area (TPSA) is 92.4 Å². The normalized spacial score (nSPS) is 22.2. The quantitative estimate of drug-likeness (QED) is 0.790. The number of hydrogen-bond donors (Lipinski definition) is 3. The Kier molecular flexibility index (Phi) is 4.09. The van der Waals surface area contributed by atoms with Crippen molar-refractivity contribution in [3.05, 3.63) is 28.2 Å². The Hall–Kier alpha value is -1.56. The average Bonchev–Trinajstić information content (AvgIpc) is 2.76. The third-order valence-electron chi connectivity index (χ3n) is 3.42. The number of carbonyl (C=O) groups is 2. The summed E-state index contributed by atoms with van der Waals surface area (Å²) in [4.78, 5) is 22.2. The van der Waals surface area contributed by atoms with Gasteiger partial charge in [0.15, 0.2) is 0 Å². The molecule has 1 amide bonds. The first kappa shape index (κ1) is 13.9. The number of rotatable bonds is 4. The van der Waals surface area contributed by atoms with Crippen molar-refractivity contribution in [2.75, 3.05) is 5.32 Å². The van der Waals surface area contributed by atoms with E-state index in [4.69, 9.17) is 10.8 Å². The first-order valence-corrected chi connectivity index (χ1v) is 6.87. The molecule has 1 saturated carbocycles. The molecule has 2 unspecified atom stereocenters. The zero-order chi connectivity index (χ0) is 14.0. The number of carbonyl (C=O) groups excluding carboxylic acids is 1. The van der Waals surface area contributed by atoms with Gasteiger partial charge in [-0.25, -0.2) is 0 Å². The molecular weight excluding hydrogens is 312 g/mol. The van der Waals surface area contributed by atoms with Crippen LogP contribution in [0.15, 0.2) is 22.7 Å². The second kappa shape index (κ2) is 5.61. The van der Waals surface area contributed by atoms with Gasteiger partial charge in [-0.05, 0) is 47.0 Å². The summed E-state index contributed by atoms with van der Waals surface area (Å²) in [6, 6.07) is 5.04. The minimum atomic E-state index is -0.761. The van der Waals surface area contributed by atoms with E-state index in [9.17, 15) is 9.59 Å². The van der Waals surface area contributed by atoms with Gasteiger partial charge in [0, 0.05) is 16.2 Å². The second-order valence-electron chi connectivity index (χ2n) is 4.69. The predicted octanol–water partition coefficient (Wildman–Crippen LogP) is 2.21. The van der Waals surface area contributed by atoms with E-state index in [0.29, 0.717) is 16.5 Å². The van der Waals surface area contributed by atoms with Crippen molar-refractivity contribution in [3.8, 4) is 0 Å². The van der Waals surface area contributed by atoms with Crippen molar-refractivity contribution in [2.24, 2.45) is 11.7 Å². The van der Waals surface area contributed by atoms with Crippen LogP contribution in [0.25, 0.3) is 0 Å². The van der Waals surface area contributed by atoms with Crippen LogP contribution < -0.4 is 11.1 Å². The predicted molar refractivity (Wildman–Crippen MR) is 75.0 cm³/mol. The number of carboxylic acids is 1. The van der Waals surface area contributed by atoms with Crippen molar-refractivity contribution in [1.29, 1.82) is 0 Å². The molecule has 0 spiro atoms. The number of anilines is 1. The van der Waals surface area contributed by atoms with E-state index in [-0.39, 0.29) is 12.0 Å². The number of carboxylic acid groups (broad SMARTS) is 1. The lowest BCUT2D eigenvalue weighted by atomic mass is 10.0. The fourth-order valence-electron chi connectivity index (χ4n) is 2.45. The summed E-state index contributed by atoms with van der Waals surface area (Å²) in [5.41, 5.74) is 6.42. The van der Waals surface area contributed by atoms with Crippen LogP contribution >= 0.6 is 15.9 Å². The molecule has 2 rings (SSSR count). The third-order valence-corrected chi connectivity index (χ3v) is 4.08. The van der Waals surface area contributed by atoms with E-state index in [1.807, 2.05) is 0 Å². The van der Waals surface area contributed by atoms with Gasteiger partial charge in [-0.2, -0.15) is 0 Å². The fraction of sp³-hybridized carbons (Fsp3) is 0.385. The maximum absolute atomic E-state index is 11.1. The van der Waals surface area contributed by atoms with Gasteiger partial charge < -0.3 is 16.2 Å². The van der Waals surface area contributed by atoms with Gasteiger partial charge in [-0.1, -0.05) is 6.42 Å². The number of hydrogen-bond acceptors (Lipinski definition) is 3. The molecule has 0 aromatic heterocycles. The summed E-state index contributed by atoms with van der Waals surface area (Å²) in [5.74, 6) is -1.61. The minimum Gasteiger partial charge on any atom is -0.481 e. The molecule has 1 aliphatic rings. The molecule has 1 aromatic carbocycles. The first-order chi connectivity index (χ1) is 8.99. The molecule has 102 valence electrons. The Morgan fingerprint density at radius 3 is 2.68 bits per heavy atom.